The molecule has 9 heteroatoms. The molecule has 1 aromatic heterocycles. The molecule has 9 nitrogen and oxygen atoms in total. The Hall–Kier alpha value is -3.03. The first kappa shape index (κ1) is 29.5. The second-order valence-electron chi connectivity index (χ2n) is 11.6. The van der Waals surface area contributed by atoms with Crippen molar-refractivity contribution < 1.29 is 32.9 Å². The minimum Gasteiger partial charge on any atom is -0.458 e. The van der Waals surface area contributed by atoms with Crippen LogP contribution in [0.15, 0.2) is 52.7 Å². The number of carbonyl (C=O) groups is 1. The summed E-state index contributed by atoms with van der Waals surface area (Å²) in [7, 11) is 0. The van der Waals surface area contributed by atoms with E-state index in [0.29, 0.717) is 31.0 Å². The maximum Gasteiger partial charge on any atom is 0.330 e. The molecular formula is C32H40N2O7. The van der Waals surface area contributed by atoms with E-state index in [1.54, 1.807) is 12.3 Å². The number of oxazole rings is 1. The molecular weight excluding hydrogens is 524 g/mol. The molecule has 1 aromatic rings. The maximum absolute atomic E-state index is 13.0. The number of nitrogens with zero attached hydrogens (tertiary/aromatic N) is 2. The summed E-state index contributed by atoms with van der Waals surface area (Å²) in [6, 6.07) is 2.10. The Morgan fingerprint density at radius 3 is 2.71 bits per heavy atom. The lowest BCUT2D eigenvalue weighted by atomic mass is 9.79. The molecule has 220 valence electrons. The summed E-state index contributed by atoms with van der Waals surface area (Å²) in [6.07, 6.45) is 12.6. The van der Waals surface area contributed by atoms with Crippen LogP contribution >= 0.6 is 0 Å². The van der Waals surface area contributed by atoms with Crippen molar-refractivity contribution in [1.82, 2.24) is 4.98 Å². The standard InChI is InChI=1S/C32H40N2O7/c1-19-15-23-7-5-10-29(35)41-31-21(3)27(40-30(22(31)4)20(2)11-13-33)8-6-9-28-34-26(18-37-28)32-36-14-12-24(39-32)17-25(16-19)38-23/h5-6,9-11,18,21-25,27,30-32H,1,7-8,12,14-17H2,2-4H3/b9-6+,10-5-,20-11-/t21-,22-,23+,24?,25-,27-,30+,31-,32+/m0/s1. The molecule has 0 aliphatic carbocycles. The zero-order valence-electron chi connectivity index (χ0n) is 24.1. The lowest BCUT2D eigenvalue weighted by Crippen LogP contribution is -2.50. The van der Waals surface area contributed by atoms with Crippen molar-refractivity contribution in [3.8, 4) is 6.07 Å². The van der Waals surface area contributed by atoms with Crippen molar-refractivity contribution in [2.75, 3.05) is 6.61 Å². The molecule has 0 amide bonds. The van der Waals surface area contributed by atoms with Crippen molar-refractivity contribution in [2.24, 2.45) is 11.8 Å². The highest BCUT2D eigenvalue weighted by Crippen LogP contribution is 2.37. The number of hydrogen-bond donors (Lipinski definition) is 0. The van der Waals surface area contributed by atoms with Gasteiger partial charge in [0, 0.05) is 30.4 Å². The Balaban J connectivity index is 1.41. The summed E-state index contributed by atoms with van der Waals surface area (Å²) in [5.74, 6) is -0.166. The van der Waals surface area contributed by atoms with Crippen LogP contribution in [-0.4, -0.2) is 54.2 Å². The number of fused-ring (bicyclic) bond motifs is 9. The van der Waals surface area contributed by atoms with Gasteiger partial charge in [-0.05, 0) is 50.7 Å². The number of nitriles is 1. The predicted molar refractivity (Wildman–Crippen MR) is 150 cm³/mol. The summed E-state index contributed by atoms with van der Waals surface area (Å²) in [5, 5.41) is 9.25. The van der Waals surface area contributed by atoms with Crippen LogP contribution in [0.1, 0.15) is 77.2 Å². The van der Waals surface area contributed by atoms with Crippen molar-refractivity contribution in [1.29, 1.82) is 5.26 Å². The lowest BCUT2D eigenvalue weighted by Gasteiger charge is -2.44. The lowest BCUT2D eigenvalue weighted by molar-refractivity contribution is -0.227. The molecule has 5 rings (SSSR count). The van der Waals surface area contributed by atoms with Crippen LogP contribution in [0, 0.1) is 23.2 Å². The minimum absolute atomic E-state index is 0.0160. The van der Waals surface area contributed by atoms with E-state index in [4.69, 9.17) is 28.1 Å². The van der Waals surface area contributed by atoms with Gasteiger partial charge in [-0.25, -0.2) is 9.78 Å². The van der Waals surface area contributed by atoms with E-state index in [9.17, 15) is 10.1 Å². The number of aromatic nitrogens is 1. The Kier molecular flexibility index (Phi) is 9.56. The van der Waals surface area contributed by atoms with Gasteiger partial charge in [0.25, 0.3) is 0 Å². The average Bonchev–Trinajstić information content (AvgIpc) is 3.41. The Morgan fingerprint density at radius 2 is 1.88 bits per heavy atom. The minimum atomic E-state index is -0.595. The molecule has 9 atom stereocenters. The molecule has 0 radical (unpaired) electrons. The largest absolute Gasteiger partial charge is 0.458 e. The first-order valence-electron chi connectivity index (χ1n) is 14.6. The van der Waals surface area contributed by atoms with Crippen LogP contribution in [0.25, 0.3) is 6.08 Å². The first-order valence-corrected chi connectivity index (χ1v) is 14.6. The summed E-state index contributed by atoms with van der Waals surface area (Å²) in [4.78, 5) is 17.6. The van der Waals surface area contributed by atoms with Crippen LogP contribution in [0.5, 0.6) is 0 Å². The van der Waals surface area contributed by atoms with Crippen molar-refractivity contribution in [3.63, 3.8) is 0 Å². The van der Waals surface area contributed by atoms with Gasteiger partial charge < -0.3 is 28.1 Å². The fourth-order valence-electron chi connectivity index (χ4n) is 6.35. The Morgan fingerprint density at radius 1 is 1.07 bits per heavy atom. The monoisotopic (exact) mass is 564 g/mol. The molecule has 0 N–H and O–H groups in total. The third kappa shape index (κ3) is 7.25. The van der Waals surface area contributed by atoms with Gasteiger partial charge in [0.2, 0.25) is 12.2 Å². The highest BCUT2D eigenvalue weighted by Gasteiger charge is 2.43. The number of rotatable bonds is 1. The molecule has 41 heavy (non-hydrogen) atoms. The zero-order chi connectivity index (χ0) is 28.9. The number of hydrogen-bond acceptors (Lipinski definition) is 9. The second kappa shape index (κ2) is 13.3. The average molecular weight is 565 g/mol. The van der Waals surface area contributed by atoms with Crippen LogP contribution in [0.2, 0.25) is 0 Å². The molecule has 0 aromatic carbocycles. The highest BCUT2D eigenvalue weighted by molar-refractivity contribution is 5.82. The van der Waals surface area contributed by atoms with E-state index in [1.807, 2.05) is 32.9 Å². The van der Waals surface area contributed by atoms with Gasteiger partial charge in [-0.2, -0.15) is 5.26 Å². The van der Waals surface area contributed by atoms with Crippen LogP contribution in [0.3, 0.4) is 0 Å². The number of esters is 1. The SMILES string of the molecule is C=C1C[C@H]2C/C=C\C(=O)O[C@H]3[C@@H](C)[C@H](C/C=C/c4nc(co4)[C@@H]4OCCC(C[C@H](C1)O2)O4)O[C@H](/C(C)=C\C#N)[C@@H]3C. The highest BCUT2D eigenvalue weighted by atomic mass is 16.7. The molecule has 4 aliphatic rings. The fourth-order valence-corrected chi connectivity index (χ4v) is 6.35. The predicted octanol–water partition coefficient (Wildman–Crippen LogP) is 5.76. The molecule has 0 saturated carbocycles. The zero-order valence-corrected chi connectivity index (χ0v) is 24.1. The van der Waals surface area contributed by atoms with Gasteiger partial charge in [-0.3, -0.25) is 0 Å². The van der Waals surface area contributed by atoms with Gasteiger partial charge in [-0.1, -0.05) is 38.2 Å². The summed E-state index contributed by atoms with van der Waals surface area (Å²) in [6.45, 7) is 10.7. The van der Waals surface area contributed by atoms with E-state index in [0.717, 1.165) is 36.8 Å². The Labute approximate surface area is 241 Å². The third-order valence-electron chi connectivity index (χ3n) is 8.45. The normalized spacial score (nSPS) is 38.6. The molecule has 5 heterocycles. The second-order valence-corrected chi connectivity index (χ2v) is 11.6. The van der Waals surface area contributed by atoms with E-state index >= 15 is 0 Å². The maximum atomic E-state index is 13.0. The van der Waals surface area contributed by atoms with Gasteiger partial charge in [0.05, 0.1) is 43.2 Å². The van der Waals surface area contributed by atoms with E-state index in [1.165, 1.54) is 12.2 Å². The van der Waals surface area contributed by atoms with Gasteiger partial charge >= 0.3 is 5.97 Å². The first-order chi connectivity index (χ1) is 19.8. The molecule has 1 unspecified atom stereocenters. The van der Waals surface area contributed by atoms with Crippen molar-refractivity contribution in [2.45, 2.75) is 102 Å². The smallest absolute Gasteiger partial charge is 0.330 e. The fraction of sp³-hybridized carbons (Fsp3) is 0.594. The molecule has 8 bridgehead atoms. The quantitative estimate of drug-likeness (QED) is 0.239. The summed E-state index contributed by atoms with van der Waals surface area (Å²) < 4.78 is 36.7. The molecule has 0 spiro atoms. The van der Waals surface area contributed by atoms with Gasteiger partial charge in [-0.15, -0.1) is 0 Å². The molecule has 4 aliphatic heterocycles. The van der Waals surface area contributed by atoms with E-state index < -0.39 is 18.4 Å². The van der Waals surface area contributed by atoms with Crippen LogP contribution in [0.4, 0.5) is 0 Å². The molecule has 3 fully saturated rings. The number of ether oxygens (including phenoxy) is 5. The van der Waals surface area contributed by atoms with E-state index in [2.05, 4.69) is 17.6 Å². The number of carbonyl (C=O) groups excluding carboxylic acids is 1. The topological polar surface area (TPSA) is 113 Å². The van der Waals surface area contributed by atoms with Gasteiger partial charge in [0.1, 0.15) is 18.1 Å². The van der Waals surface area contributed by atoms with Crippen LogP contribution < -0.4 is 0 Å². The summed E-state index contributed by atoms with van der Waals surface area (Å²) >= 11 is 0. The Bertz CT molecular complexity index is 1230. The van der Waals surface area contributed by atoms with Gasteiger partial charge in [0.15, 0.2) is 0 Å². The van der Waals surface area contributed by atoms with Crippen molar-refractivity contribution in [3.05, 3.63) is 59.9 Å². The molecule has 3 saturated heterocycles. The van der Waals surface area contributed by atoms with Crippen LogP contribution in [-0.2, 0) is 28.5 Å². The van der Waals surface area contributed by atoms with E-state index in [-0.39, 0.29) is 42.4 Å². The van der Waals surface area contributed by atoms with Crippen molar-refractivity contribution >= 4 is 12.0 Å². The third-order valence-corrected chi connectivity index (χ3v) is 8.45. The summed E-state index contributed by atoms with van der Waals surface area (Å²) in [5.41, 5.74) is 2.54. The number of allylic oxidation sites excluding steroid dienone is 1.